The molecule has 0 bridgehead atoms. The second kappa shape index (κ2) is 35.5. The third-order valence-electron chi connectivity index (χ3n) is 13.7. The molecule has 3 amide bonds. The average molecular weight is 1170 g/mol. The highest BCUT2D eigenvalue weighted by molar-refractivity contribution is 5.82. The molecule has 28 heteroatoms. The summed E-state index contributed by atoms with van der Waals surface area (Å²) < 4.78 is 57.7. The summed E-state index contributed by atoms with van der Waals surface area (Å²) in [5, 5.41) is 45.1. The van der Waals surface area contributed by atoms with Crippen LogP contribution in [0.15, 0.2) is 4.99 Å². The van der Waals surface area contributed by atoms with Gasteiger partial charge in [0.25, 0.3) is 0 Å². The first-order chi connectivity index (χ1) is 37.5. The molecule has 4 fully saturated rings. The highest BCUT2D eigenvalue weighted by Crippen LogP contribution is 2.37. The number of aliphatic imine (C=N–C) groups is 1. The molecule has 0 aromatic carbocycles. The predicted octanol–water partition coefficient (Wildman–Crippen LogP) is 0.473. The zero-order valence-electron chi connectivity index (χ0n) is 49.9. The Hall–Kier alpha value is -5.46. The molecule has 28 nitrogen and oxygen atoms in total. The fraction of sp³-hybridized carbons (Fsp3) is 0.811. The van der Waals surface area contributed by atoms with Gasteiger partial charge >= 0.3 is 35.8 Å². The molecule has 0 radical (unpaired) electrons. The van der Waals surface area contributed by atoms with Crippen molar-refractivity contribution in [2.75, 3.05) is 26.4 Å². The van der Waals surface area contributed by atoms with Crippen LogP contribution in [0.25, 0.3) is 0 Å². The number of aliphatic hydroxyl groups excluding tert-OH is 4. The molecule has 0 aromatic rings. The van der Waals surface area contributed by atoms with Crippen LogP contribution in [0.4, 0.5) is 0 Å². The standard InChI is InChI=1S/C15H27NO5.C14H23NO6.C12H19NO4.C8H15NO6.C4H6O3/c1-8(2)20-15-14(16-11(5)17)10(4)9(3)13(21-15)7-19-12(6)18;1-7-8(2)13(15-9(3)16)14(20-11(5)18)21-12(7)6-19-10(4)17;1-6-7(2)11-12(16-8(3)13-11)17-10(6)5-15-9(4)14;1-3(11)9-5-7(13)6(12)4(2-10)15-8(5)14;1-3(5)7-4(2)6/h8-10,13-15H,7H2,1-6H3,(H,16,17);7-8,12-14H,6H2,1-5H3,(H,15,16);6-7,10-12H,5H2,1-4H3;4-8,10,12-14H,2H2,1H3,(H,9,11);1-2H3. The van der Waals surface area contributed by atoms with Crippen molar-refractivity contribution in [1.82, 2.24) is 16.0 Å². The summed E-state index contributed by atoms with van der Waals surface area (Å²) in [6, 6.07) is -1.68. The molecule has 4 saturated heterocycles. The summed E-state index contributed by atoms with van der Waals surface area (Å²) >= 11 is 0. The van der Waals surface area contributed by atoms with Crippen LogP contribution < -0.4 is 16.0 Å². The van der Waals surface area contributed by atoms with Crippen molar-refractivity contribution in [2.24, 2.45) is 40.5 Å². The van der Waals surface area contributed by atoms with Gasteiger partial charge in [0.05, 0.1) is 43.1 Å². The fourth-order valence-electron chi connectivity index (χ4n) is 8.93. The van der Waals surface area contributed by atoms with E-state index >= 15 is 0 Å². The SMILES string of the molecule is CC(=O)NC1C(O)OC(CO)C(O)C1O.CC(=O)NC1C(OC(C)=O)OC(COC(C)=O)C(C)C1C.CC(=O)NC1C(OC(C)C)OC(COC(C)=O)C(C)C1C.CC(=O)OC(C)=O.CC(=O)OCC1OC2OC(C)=NC2C(C)C1C. The van der Waals surface area contributed by atoms with Crippen LogP contribution in [-0.4, -0.2) is 198 Å². The van der Waals surface area contributed by atoms with E-state index in [1.54, 1.807) is 0 Å². The molecular weight excluding hydrogens is 1080 g/mol. The number of carbonyl (C=O) groups excluding carboxylic acids is 9. The minimum Gasteiger partial charge on any atom is -0.463 e. The van der Waals surface area contributed by atoms with Crippen molar-refractivity contribution < 1.29 is 116 Å². The lowest BCUT2D eigenvalue weighted by atomic mass is 9.82. The van der Waals surface area contributed by atoms with Gasteiger partial charge in [-0.25, -0.2) is 4.99 Å². The maximum Gasteiger partial charge on any atom is 0.310 e. The molecule has 0 aromatic heterocycles. The maximum atomic E-state index is 11.4. The second-order valence-electron chi connectivity index (χ2n) is 20.7. The molecule has 7 N–H and O–H groups in total. The Kier molecular flexibility index (Phi) is 32.2. The quantitative estimate of drug-likeness (QED) is 0.0749. The normalized spacial score (nSPS) is 33.6. The molecule has 0 spiro atoms. The summed E-state index contributed by atoms with van der Waals surface area (Å²) in [6.07, 6.45) is -7.76. The zero-order valence-corrected chi connectivity index (χ0v) is 49.9. The Balaban J connectivity index is 0.000000522. The zero-order chi connectivity index (χ0) is 62.3. The number of hydrogen-bond acceptors (Lipinski definition) is 25. The lowest BCUT2D eigenvalue weighted by Crippen LogP contribution is -2.63. The van der Waals surface area contributed by atoms with Gasteiger partial charge in [-0.1, -0.05) is 41.5 Å². The van der Waals surface area contributed by atoms with E-state index in [4.69, 9.17) is 52.5 Å². The van der Waals surface area contributed by atoms with E-state index < -0.39 is 91.8 Å². The van der Waals surface area contributed by atoms with Crippen LogP contribution in [-0.2, 0) is 95.3 Å². The molecule has 0 saturated carbocycles. The lowest BCUT2D eigenvalue weighted by molar-refractivity contribution is -0.254. The van der Waals surface area contributed by atoms with Gasteiger partial charge in [-0.05, 0) is 49.4 Å². The first kappa shape index (κ1) is 73.6. The number of aliphatic hydroxyl groups is 4. The number of nitrogens with zero attached hydrogens (tertiary/aromatic N) is 1. The first-order valence-corrected chi connectivity index (χ1v) is 26.7. The molecule has 5 aliphatic heterocycles. The van der Waals surface area contributed by atoms with E-state index in [2.05, 4.69) is 39.5 Å². The molecule has 5 heterocycles. The summed E-state index contributed by atoms with van der Waals surface area (Å²) in [7, 11) is 0. The molecule has 5 rings (SSSR count). The van der Waals surface area contributed by atoms with Gasteiger partial charge in [-0.15, -0.1) is 0 Å². The molecule has 81 heavy (non-hydrogen) atoms. The van der Waals surface area contributed by atoms with Gasteiger partial charge in [0.2, 0.25) is 30.3 Å². The molecule has 20 unspecified atom stereocenters. The first-order valence-electron chi connectivity index (χ1n) is 26.7. The minimum absolute atomic E-state index is 0.00689. The Morgan fingerprint density at radius 3 is 1.27 bits per heavy atom. The second-order valence-corrected chi connectivity index (χ2v) is 20.7. The number of amides is 3. The highest BCUT2D eigenvalue weighted by atomic mass is 16.7. The van der Waals surface area contributed by atoms with Crippen LogP contribution in [0, 0.1) is 35.5 Å². The molecule has 466 valence electrons. The van der Waals surface area contributed by atoms with Crippen LogP contribution >= 0.6 is 0 Å². The summed E-state index contributed by atoms with van der Waals surface area (Å²) in [6.45, 7) is 29.7. The minimum atomic E-state index is -1.45. The Bertz CT molecular complexity index is 2080. The summed E-state index contributed by atoms with van der Waals surface area (Å²) in [4.78, 5) is 101. The number of fused-ring (bicyclic) bond motifs is 1. The van der Waals surface area contributed by atoms with E-state index in [0.717, 1.165) is 0 Å². The number of esters is 6. The average Bonchev–Trinajstić information content (AvgIpc) is 3.96. The number of nitrogens with one attached hydrogen (secondary N) is 3. The molecule has 0 aliphatic carbocycles. The van der Waals surface area contributed by atoms with Crippen molar-refractivity contribution in [1.29, 1.82) is 0 Å². The maximum absolute atomic E-state index is 11.4. The largest absolute Gasteiger partial charge is 0.463 e. The Labute approximate surface area is 473 Å². The van der Waals surface area contributed by atoms with Gasteiger partial charge in [-0.2, -0.15) is 0 Å². The van der Waals surface area contributed by atoms with E-state index in [-0.39, 0.29) is 110 Å². The summed E-state index contributed by atoms with van der Waals surface area (Å²) in [5.74, 6) is -1.82. The van der Waals surface area contributed by atoms with E-state index in [9.17, 15) is 58.5 Å². The van der Waals surface area contributed by atoms with Gasteiger partial charge in [0.1, 0.15) is 50.2 Å². The van der Waals surface area contributed by atoms with E-state index in [1.165, 1.54) is 62.3 Å². The van der Waals surface area contributed by atoms with E-state index in [0.29, 0.717) is 11.8 Å². The number of hydrogen-bond donors (Lipinski definition) is 7. The Morgan fingerprint density at radius 2 is 0.901 bits per heavy atom. The van der Waals surface area contributed by atoms with Crippen LogP contribution in [0.5, 0.6) is 0 Å². The number of rotatable bonds is 13. The van der Waals surface area contributed by atoms with Crippen molar-refractivity contribution in [3.63, 3.8) is 0 Å². The van der Waals surface area contributed by atoms with Gasteiger partial charge in [-0.3, -0.25) is 43.2 Å². The topological polar surface area (TPSA) is 385 Å². The number of ether oxygens (including phenoxy) is 11. The van der Waals surface area contributed by atoms with Crippen LogP contribution in [0.1, 0.15) is 125 Å². The van der Waals surface area contributed by atoms with Crippen molar-refractivity contribution in [3.8, 4) is 0 Å². The van der Waals surface area contributed by atoms with Crippen molar-refractivity contribution in [3.05, 3.63) is 0 Å². The molecular formula is C53H90N4O24. The Morgan fingerprint density at radius 1 is 0.506 bits per heavy atom. The van der Waals surface area contributed by atoms with Gasteiger partial charge in [0, 0.05) is 69.2 Å². The van der Waals surface area contributed by atoms with Crippen molar-refractivity contribution >= 4 is 59.4 Å². The highest BCUT2D eigenvalue weighted by Gasteiger charge is 2.48. The number of carbonyl (C=O) groups is 9. The predicted molar refractivity (Wildman–Crippen MR) is 282 cm³/mol. The van der Waals surface area contributed by atoms with Crippen LogP contribution in [0.2, 0.25) is 0 Å². The third-order valence-corrected chi connectivity index (χ3v) is 13.7. The van der Waals surface area contributed by atoms with Crippen molar-refractivity contribution in [2.45, 2.75) is 217 Å². The monoisotopic (exact) mass is 1170 g/mol. The van der Waals surface area contributed by atoms with Gasteiger partial charge in [0.15, 0.2) is 18.5 Å². The van der Waals surface area contributed by atoms with E-state index in [1.807, 2.05) is 48.5 Å². The smallest absolute Gasteiger partial charge is 0.310 e. The molecule has 5 aliphatic rings. The molecule has 20 atom stereocenters. The summed E-state index contributed by atoms with van der Waals surface area (Å²) in [5.41, 5.74) is 0. The van der Waals surface area contributed by atoms with Crippen LogP contribution in [0.3, 0.4) is 0 Å². The fourth-order valence-corrected chi connectivity index (χ4v) is 8.93. The third kappa shape index (κ3) is 25.7. The lowest BCUT2D eigenvalue weighted by Gasteiger charge is -2.44. The van der Waals surface area contributed by atoms with Gasteiger partial charge < -0.3 is 88.5 Å².